The molecule has 3 aromatic rings. The van der Waals surface area contributed by atoms with Crippen LogP contribution in [-0.2, 0) is 11.3 Å². The Morgan fingerprint density at radius 2 is 1.85 bits per heavy atom. The molecule has 1 N–H and O–H groups in total. The van der Waals surface area contributed by atoms with Gasteiger partial charge in [0, 0.05) is 34.8 Å². The van der Waals surface area contributed by atoms with E-state index in [0.717, 1.165) is 34.1 Å². The van der Waals surface area contributed by atoms with Crippen molar-refractivity contribution in [1.29, 1.82) is 0 Å². The van der Waals surface area contributed by atoms with Gasteiger partial charge in [0.2, 0.25) is 5.91 Å². The number of hydrogen-bond donors (Lipinski definition) is 1. The number of para-hydroxylation sites is 1. The van der Waals surface area contributed by atoms with Gasteiger partial charge < -0.3 is 9.88 Å². The SMILES string of the molecule is CCCC(=O)c1cn(CC(=O)Nc2ccc(C)cc2C)c2ccccc12. The van der Waals surface area contributed by atoms with Crippen molar-refractivity contribution in [1.82, 2.24) is 4.57 Å². The Bertz CT molecular complexity index is 969. The molecule has 0 fully saturated rings. The predicted molar refractivity (Wildman–Crippen MR) is 106 cm³/mol. The fourth-order valence-corrected chi connectivity index (χ4v) is 3.26. The van der Waals surface area contributed by atoms with Gasteiger partial charge in [-0.2, -0.15) is 0 Å². The predicted octanol–water partition coefficient (Wildman–Crippen LogP) is 4.88. The summed E-state index contributed by atoms with van der Waals surface area (Å²) in [7, 11) is 0. The first-order valence-corrected chi connectivity index (χ1v) is 8.97. The number of benzene rings is 2. The van der Waals surface area contributed by atoms with Crippen molar-refractivity contribution >= 4 is 28.3 Å². The van der Waals surface area contributed by atoms with E-state index >= 15 is 0 Å². The molecule has 0 aliphatic carbocycles. The second kappa shape index (κ2) is 7.56. The summed E-state index contributed by atoms with van der Waals surface area (Å²) in [5.41, 5.74) is 4.62. The van der Waals surface area contributed by atoms with Gasteiger partial charge in [0.05, 0.1) is 0 Å². The largest absolute Gasteiger partial charge is 0.337 e. The lowest BCUT2D eigenvalue weighted by molar-refractivity contribution is -0.116. The number of ketones is 1. The second-order valence-corrected chi connectivity index (χ2v) is 6.73. The molecule has 0 radical (unpaired) electrons. The summed E-state index contributed by atoms with van der Waals surface area (Å²) < 4.78 is 1.86. The Morgan fingerprint density at radius 3 is 2.58 bits per heavy atom. The summed E-state index contributed by atoms with van der Waals surface area (Å²) in [6, 6.07) is 13.7. The van der Waals surface area contributed by atoms with Gasteiger partial charge in [0.25, 0.3) is 0 Å². The minimum Gasteiger partial charge on any atom is -0.337 e. The average Bonchev–Trinajstić information content (AvgIpc) is 2.96. The molecular formula is C22H24N2O2. The van der Waals surface area contributed by atoms with Crippen LogP contribution in [0, 0.1) is 13.8 Å². The molecule has 1 amide bonds. The van der Waals surface area contributed by atoms with E-state index in [9.17, 15) is 9.59 Å². The number of hydrogen-bond acceptors (Lipinski definition) is 2. The number of anilines is 1. The van der Waals surface area contributed by atoms with Gasteiger partial charge in [-0.3, -0.25) is 9.59 Å². The first-order chi connectivity index (χ1) is 12.5. The highest BCUT2D eigenvalue weighted by Gasteiger charge is 2.16. The lowest BCUT2D eigenvalue weighted by Crippen LogP contribution is -2.18. The molecular weight excluding hydrogens is 324 g/mol. The summed E-state index contributed by atoms with van der Waals surface area (Å²) in [5.74, 6) is 0.0180. The molecule has 2 aromatic carbocycles. The molecule has 4 heteroatoms. The van der Waals surface area contributed by atoms with E-state index in [1.165, 1.54) is 0 Å². The highest BCUT2D eigenvalue weighted by molar-refractivity contribution is 6.08. The number of fused-ring (bicyclic) bond motifs is 1. The smallest absolute Gasteiger partial charge is 0.244 e. The third kappa shape index (κ3) is 3.69. The summed E-state index contributed by atoms with van der Waals surface area (Å²) in [4.78, 5) is 25.0. The lowest BCUT2D eigenvalue weighted by Gasteiger charge is -2.10. The van der Waals surface area contributed by atoms with Crippen molar-refractivity contribution in [3.8, 4) is 0 Å². The molecule has 0 spiro atoms. The third-order valence-electron chi connectivity index (χ3n) is 4.54. The summed E-state index contributed by atoms with van der Waals surface area (Å²) in [5, 5.41) is 3.88. The number of aromatic nitrogens is 1. The minimum atomic E-state index is -0.104. The molecule has 134 valence electrons. The van der Waals surface area contributed by atoms with Gasteiger partial charge in [-0.25, -0.2) is 0 Å². The molecule has 0 aliphatic rings. The van der Waals surface area contributed by atoms with Crippen LogP contribution in [0.4, 0.5) is 5.69 Å². The van der Waals surface area contributed by atoms with Crippen molar-refractivity contribution in [2.75, 3.05) is 5.32 Å². The van der Waals surface area contributed by atoms with Crippen molar-refractivity contribution in [3.05, 3.63) is 65.4 Å². The van der Waals surface area contributed by atoms with E-state index in [1.54, 1.807) is 0 Å². The number of aryl methyl sites for hydroxylation is 2. The summed E-state index contributed by atoms with van der Waals surface area (Å²) in [6.45, 7) is 6.18. The Balaban J connectivity index is 1.86. The summed E-state index contributed by atoms with van der Waals surface area (Å²) >= 11 is 0. The van der Waals surface area contributed by atoms with Crippen LogP contribution < -0.4 is 5.32 Å². The number of nitrogens with zero attached hydrogens (tertiary/aromatic N) is 1. The van der Waals surface area contributed by atoms with Crippen LogP contribution in [0.1, 0.15) is 41.3 Å². The van der Waals surface area contributed by atoms with Gasteiger partial charge >= 0.3 is 0 Å². The maximum Gasteiger partial charge on any atom is 0.244 e. The molecule has 0 atom stereocenters. The van der Waals surface area contributed by atoms with Crippen LogP contribution in [0.5, 0.6) is 0 Å². The van der Waals surface area contributed by atoms with Crippen LogP contribution in [0.25, 0.3) is 10.9 Å². The number of nitrogens with one attached hydrogen (secondary N) is 1. The first-order valence-electron chi connectivity index (χ1n) is 8.97. The molecule has 4 nitrogen and oxygen atoms in total. The quantitative estimate of drug-likeness (QED) is 0.646. The standard InChI is InChI=1S/C22H24N2O2/c1-4-7-21(25)18-13-24(20-9-6-5-8-17(18)20)14-22(26)23-19-11-10-15(2)12-16(19)3/h5-6,8-13H,4,7,14H2,1-3H3,(H,23,26). The van der Waals surface area contributed by atoms with E-state index in [-0.39, 0.29) is 18.2 Å². The molecule has 0 bridgehead atoms. The molecule has 1 heterocycles. The Kier molecular flexibility index (Phi) is 5.21. The Labute approximate surface area is 153 Å². The van der Waals surface area contributed by atoms with Gasteiger partial charge in [-0.1, -0.05) is 42.8 Å². The van der Waals surface area contributed by atoms with E-state index < -0.39 is 0 Å². The van der Waals surface area contributed by atoms with E-state index in [2.05, 4.69) is 5.32 Å². The molecule has 3 rings (SSSR count). The monoisotopic (exact) mass is 348 g/mol. The zero-order valence-corrected chi connectivity index (χ0v) is 15.5. The molecule has 0 saturated carbocycles. The highest BCUT2D eigenvalue weighted by Crippen LogP contribution is 2.23. The molecule has 0 saturated heterocycles. The molecule has 26 heavy (non-hydrogen) atoms. The van der Waals surface area contributed by atoms with Gasteiger partial charge in [-0.05, 0) is 38.0 Å². The lowest BCUT2D eigenvalue weighted by atomic mass is 10.1. The van der Waals surface area contributed by atoms with Crippen LogP contribution in [0.2, 0.25) is 0 Å². The topological polar surface area (TPSA) is 51.1 Å². The second-order valence-electron chi connectivity index (χ2n) is 6.73. The number of amides is 1. The maximum atomic E-state index is 12.6. The number of rotatable bonds is 6. The first kappa shape index (κ1) is 17.9. The molecule has 0 unspecified atom stereocenters. The number of carbonyl (C=O) groups excluding carboxylic acids is 2. The number of Topliss-reactive ketones (excluding diaryl/α,β-unsaturated/α-hetero) is 1. The summed E-state index contributed by atoms with van der Waals surface area (Å²) in [6.07, 6.45) is 3.14. The van der Waals surface area contributed by atoms with Gasteiger partial charge in [-0.15, -0.1) is 0 Å². The zero-order chi connectivity index (χ0) is 18.7. The van der Waals surface area contributed by atoms with Crippen LogP contribution in [-0.4, -0.2) is 16.3 Å². The fourth-order valence-electron chi connectivity index (χ4n) is 3.26. The van der Waals surface area contributed by atoms with E-state index in [4.69, 9.17) is 0 Å². The van der Waals surface area contributed by atoms with Crippen molar-refractivity contribution in [3.63, 3.8) is 0 Å². The van der Waals surface area contributed by atoms with Crippen LogP contribution in [0.15, 0.2) is 48.7 Å². The maximum absolute atomic E-state index is 12.6. The fraction of sp³-hybridized carbons (Fsp3) is 0.273. The molecule has 0 aliphatic heterocycles. The Hall–Kier alpha value is -2.88. The normalized spacial score (nSPS) is 10.9. The Morgan fingerprint density at radius 1 is 1.08 bits per heavy atom. The van der Waals surface area contributed by atoms with Crippen LogP contribution >= 0.6 is 0 Å². The third-order valence-corrected chi connectivity index (χ3v) is 4.54. The van der Waals surface area contributed by atoms with E-state index in [1.807, 2.05) is 74.0 Å². The van der Waals surface area contributed by atoms with Gasteiger partial charge in [0.1, 0.15) is 6.54 Å². The van der Waals surface area contributed by atoms with Crippen LogP contribution in [0.3, 0.4) is 0 Å². The average molecular weight is 348 g/mol. The highest BCUT2D eigenvalue weighted by atomic mass is 16.2. The van der Waals surface area contributed by atoms with Gasteiger partial charge in [0.15, 0.2) is 5.78 Å². The van der Waals surface area contributed by atoms with Crippen molar-refractivity contribution in [2.24, 2.45) is 0 Å². The van der Waals surface area contributed by atoms with Crippen molar-refractivity contribution < 1.29 is 9.59 Å². The van der Waals surface area contributed by atoms with Crippen molar-refractivity contribution in [2.45, 2.75) is 40.2 Å². The molecule has 1 aromatic heterocycles. The van der Waals surface area contributed by atoms with E-state index in [0.29, 0.717) is 12.0 Å². The number of carbonyl (C=O) groups is 2. The zero-order valence-electron chi connectivity index (χ0n) is 15.5. The minimum absolute atomic E-state index is 0.104.